The highest BCUT2D eigenvalue weighted by molar-refractivity contribution is 5.86. The van der Waals surface area contributed by atoms with E-state index < -0.39 is 0 Å². The maximum atomic E-state index is 9.16. The Morgan fingerprint density at radius 2 is 1.71 bits per heavy atom. The molecule has 0 aliphatic rings. The largest absolute Gasteiger partial charge is 0.496 e. The van der Waals surface area contributed by atoms with Crippen molar-refractivity contribution in [3.05, 3.63) is 42.0 Å². The molecule has 0 aliphatic heterocycles. The minimum Gasteiger partial charge on any atom is -0.496 e. The van der Waals surface area contributed by atoms with Gasteiger partial charge in [0.05, 0.1) is 25.3 Å². The lowest BCUT2D eigenvalue weighted by atomic mass is 10.1. The number of ether oxygens (including phenoxy) is 2. The van der Waals surface area contributed by atoms with Crippen LogP contribution in [0.1, 0.15) is 5.56 Å². The standard InChI is InChI=1S/C16H13N3O2/c1-20-12-7-4-8-13(21-2)14(12)16-18-11-6-3-5-10(9-17)15(11)19-16/h3-8H,1-2H3,(H,18,19). The lowest BCUT2D eigenvalue weighted by molar-refractivity contribution is 0.397. The summed E-state index contributed by atoms with van der Waals surface area (Å²) in [5, 5.41) is 9.16. The molecule has 5 heteroatoms. The molecule has 0 unspecified atom stereocenters. The zero-order chi connectivity index (χ0) is 14.8. The molecule has 3 rings (SSSR count). The first-order chi connectivity index (χ1) is 10.3. The smallest absolute Gasteiger partial charge is 0.146 e. The van der Waals surface area contributed by atoms with Crippen molar-refractivity contribution in [1.29, 1.82) is 5.26 Å². The van der Waals surface area contributed by atoms with Crippen LogP contribution in [0.4, 0.5) is 0 Å². The number of hydrogen-bond acceptors (Lipinski definition) is 4. The number of rotatable bonds is 3. The van der Waals surface area contributed by atoms with E-state index >= 15 is 0 Å². The zero-order valence-electron chi connectivity index (χ0n) is 11.7. The number of aromatic nitrogens is 2. The van der Waals surface area contributed by atoms with Crippen LogP contribution in [0.25, 0.3) is 22.4 Å². The summed E-state index contributed by atoms with van der Waals surface area (Å²) in [6, 6.07) is 13.1. The molecule has 2 aromatic carbocycles. The van der Waals surface area contributed by atoms with Crippen LogP contribution in [0.3, 0.4) is 0 Å². The molecule has 1 N–H and O–H groups in total. The van der Waals surface area contributed by atoms with Crippen molar-refractivity contribution in [2.24, 2.45) is 0 Å². The molecule has 0 bridgehead atoms. The van der Waals surface area contributed by atoms with Gasteiger partial charge in [-0.2, -0.15) is 5.26 Å². The molecule has 104 valence electrons. The number of fused-ring (bicyclic) bond motifs is 1. The summed E-state index contributed by atoms with van der Waals surface area (Å²) in [4.78, 5) is 7.75. The first kappa shape index (κ1) is 13.0. The third kappa shape index (κ3) is 2.07. The Bertz CT molecular complexity index is 824. The number of aromatic amines is 1. The highest BCUT2D eigenvalue weighted by Gasteiger charge is 2.17. The third-order valence-corrected chi connectivity index (χ3v) is 3.30. The minimum atomic E-state index is 0.531. The number of para-hydroxylation sites is 1. The van der Waals surface area contributed by atoms with Crippen molar-refractivity contribution in [2.75, 3.05) is 14.2 Å². The number of nitrogens with zero attached hydrogens (tertiary/aromatic N) is 2. The number of hydrogen-bond donors (Lipinski definition) is 1. The molecule has 0 radical (unpaired) electrons. The van der Waals surface area contributed by atoms with Crippen LogP contribution in [0, 0.1) is 11.3 Å². The fourth-order valence-electron chi connectivity index (χ4n) is 2.33. The van der Waals surface area contributed by atoms with E-state index in [1.54, 1.807) is 20.3 Å². The Morgan fingerprint density at radius 3 is 2.33 bits per heavy atom. The number of nitrogens with one attached hydrogen (secondary N) is 1. The highest BCUT2D eigenvalue weighted by atomic mass is 16.5. The maximum absolute atomic E-state index is 9.16. The zero-order valence-corrected chi connectivity index (χ0v) is 11.7. The number of imidazole rings is 1. The van der Waals surface area contributed by atoms with Crippen LogP contribution in [-0.2, 0) is 0 Å². The lowest BCUT2D eigenvalue weighted by Crippen LogP contribution is -1.94. The van der Waals surface area contributed by atoms with E-state index in [1.807, 2.05) is 30.3 Å². The van der Waals surface area contributed by atoms with E-state index in [4.69, 9.17) is 14.7 Å². The molecular formula is C16H13N3O2. The molecule has 0 saturated carbocycles. The van der Waals surface area contributed by atoms with Crippen molar-refractivity contribution in [1.82, 2.24) is 9.97 Å². The maximum Gasteiger partial charge on any atom is 0.146 e. The molecule has 0 fully saturated rings. The predicted molar refractivity (Wildman–Crippen MR) is 79.3 cm³/mol. The van der Waals surface area contributed by atoms with Crippen molar-refractivity contribution in [3.63, 3.8) is 0 Å². The number of H-pyrrole nitrogens is 1. The summed E-state index contributed by atoms with van der Waals surface area (Å²) < 4.78 is 10.8. The molecule has 3 aromatic rings. The normalized spacial score (nSPS) is 10.3. The third-order valence-electron chi connectivity index (χ3n) is 3.30. The summed E-state index contributed by atoms with van der Waals surface area (Å²) in [6.07, 6.45) is 0. The molecule has 5 nitrogen and oxygen atoms in total. The Balaban J connectivity index is 2.29. The first-order valence-electron chi connectivity index (χ1n) is 6.38. The van der Waals surface area contributed by atoms with Gasteiger partial charge in [0, 0.05) is 0 Å². The van der Waals surface area contributed by atoms with Crippen LogP contribution >= 0.6 is 0 Å². The molecule has 0 saturated heterocycles. The van der Waals surface area contributed by atoms with Crippen LogP contribution < -0.4 is 9.47 Å². The van der Waals surface area contributed by atoms with Crippen LogP contribution in [-0.4, -0.2) is 24.2 Å². The Morgan fingerprint density at radius 1 is 1.05 bits per heavy atom. The van der Waals surface area contributed by atoms with E-state index in [1.165, 1.54) is 0 Å². The summed E-state index contributed by atoms with van der Waals surface area (Å²) in [5.74, 6) is 1.93. The summed E-state index contributed by atoms with van der Waals surface area (Å²) >= 11 is 0. The summed E-state index contributed by atoms with van der Waals surface area (Å²) in [7, 11) is 3.20. The van der Waals surface area contributed by atoms with Crippen LogP contribution in [0.15, 0.2) is 36.4 Å². The fraction of sp³-hybridized carbons (Fsp3) is 0.125. The van der Waals surface area contributed by atoms with E-state index in [2.05, 4.69) is 16.0 Å². The second kappa shape index (κ2) is 5.17. The number of benzene rings is 2. The molecule has 21 heavy (non-hydrogen) atoms. The van der Waals surface area contributed by atoms with Gasteiger partial charge in [0.1, 0.15) is 34.5 Å². The molecule has 0 atom stereocenters. The van der Waals surface area contributed by atoms with Gasteiger partial charge in [0.2, 0.25) is 0 Å². The second-order valence-electron chi connectivity index (χ2n) is 4.44. The average molecular weight is 279 g/mol. The minimum absolute atomic E-state index is 0.531. The summed E-state index contributed by atoms with van der Waals surface area (Å²) in [6.45, 7) is 0. The van der Waals surface area contributed by atoms with Gasteiger partial charge in [-0.15, -0.1) is 0 Å². The van der Waals surface area contributed by atoms with Crippen molar-refractivity contribution in [3.8, 4) is 29.0 Å². The van der Waals surface area contributed by atoms with Crippen molar-refractivity contribution >= 4 is 11.0 Å². The van der Waals surface area contributed by atoms with Gasteiger partial charge in [-0.3, -0.25) is 0 Å². The molecule has 0 amide bonds. The molecule has 1 heterocycles. The Labute approximate surface area is 121 Å². The van der Waals surface area contributed by atoms with E-state index in [0.29, 0.717) is 28.4 Å². The van der Waals surface area contributed by atoms with E-state index in [0.717, 1.165) is 11.1 Å². The topological polar surface area (TPSA) is 70.9 Å². The molecular weight excluding hydrogens is 266 g/mol. The molecule has 0 aliphatic carbocycles. The van der Waals surface area contributed by atoms with Crippen LogP contribution in [0.5, 0.6) is 11.5 Å². The van der Waals surface area contributed by atoms with Gasteiger partial charge in [-0.05, 0) is 24.3 Å². The highest BCUT2D eigenvalue weighted by Crippen LogP contribution is 2.37. The average Bonchev–Trinajstić information content (AvgIpc) is 2.97. The number of nitriles is 1. The van der Waals surface area contributed by atoms with Gasteiger partial charge in [0.15, 0.2) is 0 Å². The molecule has 0 spiro atoms. The molecule has 1 aromatic heterocycles. The van der Waals surface area contributed by atoms with Crippen molar-refractivity contribution < 1.29 is 9.47 Å². The van der Waals surface area contributed by atoms with Crippen LogP contribution in [0.2, 0.25) is 0 Å². The first-order valence-corrected chi connectivity index (χ1v) is 6.38. The lowest BCUT2D eigenvalue weighted by Gasteiger charge is -2.10. The monoisotopic (exact) mass is 279 g/mol. The predicted octanol–water partition coefficient (Wildman–Crippen LogP) is 3.12. The number of methoxy groups -OCH3 is 2. The van der Waals surface area contributed by atoms with E-state index in [-0.39, 0.29) is 0 Å². The van der Waals surface area contributed by atoms with E-state index in [9.17, 15) is 0 Å². The SMILES string of the molecule is COc1cccc(OC)c1-c1nc2c(C#N)cccc2[nH]1. The van der Waals surface area contributed by atoms with Crippen molar-refractivity contribution in [2.45, 2.75) is 0 Å². The fourth-order valence-corrected chi connectivity index (χ4v) is 2.33. The second-order valence-corrected chi connectivity index (χ2v) is 4.44. The van der Waals surface area contributed by atoms with Gasteiger partial charge in [-0.1, -0.05) is 12.1 Å². The van der Waals surface area contributed by atoms with Gasteiger partial charge in [-0.25, -0.2) is 4.98 Å². The van der Waals surface area contributed by atoms with Gasteiger partial charge >= 0.3 is 0 Å². The quantitative estimate of drug-likeness (QED) is 0.799. The Hall–Kier alpha value is -3.00. The Kier molecular flexibility index (Phi) is 3.20. The van der Waals surface area contributed by atoms with Gasteiger partial charge in [0.25, 0.3) is 0 Å². The van der Waals surface area contributed by atoms with Gasteiger partial charge < -0.3 is 14.5 Å². The summed E-state index contributed by atoms with van der Waals surface area (Å²) in [5.41, 5.74) is 2.71.